The summed E-state index contributed by atoms with van der Waals surface area (Å²) < 4.78 is 37.6. The number of carboxylic acids is 1. The fourth-order valence-corrected chi connectivity index (χ4v) is 2.70. The second-order valence-corrected chi connectivity index (χ2v) is 6.09. The van der Waals surface area contributed by atoms with Crippen LogP contribution in [0, 0.1) is 17.8 Å². The van der Waals surface area contributed by atoms with Gasteiger partial charge in [0, 0.05) is 6.42 Å². The lowest BCUT2D eigenvalue weighted by Crippen LogP contribution is -2.45. The van der Waals surface area contributed by atoms with Gasteiger partial charge in [0.05, 0.1) is 5.92 Å². The van der Waals surface area contributed by atoms with Crippen LogP contribution in [0.2, 0.25) is 0 Å². The van der Waals surface area contributed by atoms with Crippen LogP contribution in [0.1, 0.15) is 46.0 Å². The molecular formula is C14H22F3NO3. The molecule has 2 N–H and O–H groups in total. The summed E-state index contributed by atoms with van der Waals surface area (Å²) in [4.78, 5) is 22.8. The number of hydrogen-bond acceptors (Lipinski definition) is 2. The minimum atomic E-state index is -4.15. The molecule has 1 atom stereocenters. The van der Waals surface area contributed by atoms with E-state index in [9.17, 15) is 22.8 Å². The number of hydrogen-bond donors (Lipinski definition) is 2. The minimum absolute atomic E-state index is 0.0496. The molecule has 1 saturated carbocycles. The van der Waals surface area contributed by atoms with Crippen LogP contribution in [0.15, 0.2) is 0 Å². The van der Waals surface area contributed by atoms with Crippen LogP contribution < -0.4 is 5.32 Å². The van der Waals surface area contributed by atoms with Gasteiger partial charge in [0.2, 0.25) is 5.91 Å². The van der Waals surface area contributed by atoms with Gasteiger partial charge in [-0.3, -0.25) is 4.79 Å². The van der Waals surface area contributed by atoms with E-state index < -0.39 is 30.0 Å². The number of carbonyl (C=O) groups excluding carboxylic acids is 1. The predicted octanol–water partition coefficient (Wildman–Crippen LogP) is 2.97. The van der Waals surface area contributed by atoms with Crippen molar-refractivity contribution in [3.63, 3.8) is 0 Å². The summed E-state index contributed by atoms with van der Waals surface area (Å²) in [5.74, 6) is -3.09. The molecule has 7 heteroatoms. The molecule has 0 aromatic carbocycles. The average molecular weight is 309 g/mol. The maximum Gasteiger partial charge on any atom is 0.391 e. The van der Waals surface area contributed by atoms with Crippen molar-refractivity contribution in [2.45, 2.75) is 58.2 Å². The minimum Gasteiger partial charge on any atom is -0.480 e. The molecular weight excluding hydrogens is 287 g/mol. The third-order valence-corrected chi connectivity index (χ3v) is 4.03. The van der Waals surface area contributed by atoms with Gasteiger partial charge in [-0.05, 0) is 37.5 Å². The molecule has 0 aromatic rings. The molecule has 4 nitrogen and oxygen atoms in total. The zero-order valence-electron chi connectivity index (χ0n) is 12.2. The molecule has 21 heavy (non-hydrogen) atoms. The fourth-order valence-electron chi connectivity index (χ4n) is 2.70. The normalized spacial score (nSPS) is 24.7. The Bertz CT molecular complexity index is 374. The van der Waals surface area contributed by atoms with E-state index >= 15 is 0 Å². The summed E-state index contributed by atoms with van der Waals surface area (Å²) in [7, 11) is 0. The highest BCUT2D eigenvalue weighted by Gasteiger charge is 2.41. The van der Waals surface area contributed by atoms with Crippen molar-refractivity contribution in [3.05, 3.63) is 0 Å². The Kier molecular flexibility index (Phi) is 6.04. The molecule has 0 aromatic heterocycles. The molecule has 1 aliphatic rings. The number of carbonyl (C=O) groups is 2. The van der Waals surface area contributed by atoms with Crippen molar-refractivity contribution in [1.29, 1.82) is 0 Å². The maximum atomic E-state index is 12.5. The van der Waals surface area contributed by atoms with Gasteiger partial charge >= 0.3 is 12.1 Å². The Balaban J connectivity index is 2.42. The van der Waals surface area contributed by atoms with Crippen molar-refractivity contribution in [2.75, 3.05) is 0 Å². The van der Waals surface area contributed by atoms with Gasteiger partial charge < -0.3 is 10.4 Å². The van der Waals surface area contributed by atoms with Crippen LogP contribution in [-0.2, 0) is 9.59 Å². The number of carboxylic acid groups (broad SMARTS) is 1. The zero-order valence-corrected chi connectivity index (χ0v) is 12.2. The van der Waals surface area contributed by atoms with E-state index in [1.54, 1.807) is 13.8 Å². The first kappa shape index (κ1) is 17.8. The summed E-state index contributed by atoms with van der Waals surface area (Å²) in [6, 6.07) is -0.955. The molecule has 0 saturated heterocycles. The average Bonchev–Trinajstić information content (AvgIpc) is 2.34. The first-order chi connectivity index (χ1) is 9.61. The first-order valence-electron chi connectivity index (χ1n) is 7.20. The van der Waals surface area contributed by atoms with Gasteiger partial charge in [0.1, 0.15) is 6.04 Å². The van der Waals surface area contributed by atoms with Crippen molar-refractivity contribution in [3.8, 4) is 0 Å². The van der Waals surface area contributed by atoms with Crippen molar-refractivity contribution >= 4 is 11.9 Å². The summed E-state index contributed by atoms with van der Waals surface area (Å²) in [6.07, 6.45) is -3.24. The number of aliphatic carboxylic acids is 1. The Labute approximate surface area is 122 Å². The van der Waals surface area contributed by atoms with Crippen molar-refractivity contribution < 1.29 is 27.9 Å². The second kappa shape index (κ2) is 7.13. The number of rotatable bonds is 5. The summed E-state index contributed by atoms with van der Waals surface area (Å²) in [6.45, 7) is 3.38. The molecule has 0 heterocycles. The highest BCUT2D eigenvalue weighted by Crippen LogP contribution is 2.40. The van der Waals surface area contributed by atoms with E-state index in [2.05, 4.69) is 5.32 Å². The highest BCUT2D eigenvalue weighted by molar-refractivity contribution is 5.83. The molecule has 0 aliphatic heterocycles. The molecule has 0 spiro atoms. The maximum absolute atomic E-state index is 12.5. The number of alkyl halides is 3. The van der Waals surface area contributed by atoms with E-state index in [0.717, 1.165) is 0 Å². The van der Waals surface area contributed by atoms with Gasteiger partial charge in [0.25, 0.3) is 0 Å². The van der Waals surface area contributed by atoms with Crippen molar-refractivity contribution in [1.82, 2.24) is 5.32 Å². The number of amides is 1. The summed E-state index contributed by atoms with van der Waals surface area (Å²) in [5.41, 5.74) is 0. The molecule has 122 valence electrons. The third kappa shape index (κ3) is 5.55. The van der Waals surface area contributed by atoms with Gasteiger partial charge in [-0.15, -0.1) is 0 Å². The number of nitrogens with one attached hydrogen (secondary N) is 1. The summed E-state index contributed by atoms with van der Waals surface area (Å²) in [5, 5.41) is 11.4. The highest BCUT2D eigenvalue weighted by atomic mass is 19.4. The number of halogens is 3. The lowest BCUT2D eigenvalue weighted by molar-refractivity contribution is -0.184. The third-order valence-electron chi connectivity index (χ3n) is 4.03. The predicted molar refractivity (Wildman–Crippen MR) is 70.5 cm³/mol. The molecule has 1 amide bonds. The lowest BCUT2D eigenvalue weighted by atomic mass is 9.80. The van der Waals surface area contributed by atoms with Crippen molar-refractivity contribution in [2.24, 2.45) is 17.8 Å². The monoisotopic (exact) mass is 309 g/mol. The largest absolute Gasteiger partial charge is 0.480 e. The van der Waals surface area contributed by atoms with E-state index in [1.807, 2.05) is 0 Å². The standard InChI is InChI=1S/C14H22F3NO3/c1-8(2)12(13(20)21)18-11(19)7-9-3-5-10(6-4-9)14(15,16)17/h8-10,12H,3-7H2,1-2H3,(H,18,19)(H,20,21)/t9?,10?,12-/m0/s1. The van der Waals surface area contributed by atoms with Crippen LogP contribution in [0.3, 0.4) is 0 Å². The molecule has 1 aliphatic carbocycles. The van der Waals surface area contributed by atoms with Crippen LogP contribution in [0.4, 0.5) is 13.2 Å². The quantitative estimate of drug-likeness (QED) is 0.820. The Hall–Kier alpha value is -1.27. The molecule has 1 fully saturated rings. The van der Waals surface area contributed by atoms with Crippen LogP contribution in [0.5, 0.6) is 0 Å². The molecule has 0 radical (unpaired) electrons. The second-order valence-electron chi connectivity index (χ2n) is 6.09. The topological polar surface area (TPSA) is 66.4 Å². The Morgan fingerprint density at radius 1 is 1.19 bits per heavy atom. The van der Waals surface area contributed by atoms with Crippen LogP contribution in [0.25, 0.3) is 0 Å². The smallest absolute Gasteiger partial charge is 0.391 e. The van der Waals surface area contributed by atoms with Gasteiger partial charge in [-0.1, -0.05) is 13.8 Å². The SMILES string of the molecule is CC(C)[C@H](NC(=O)CC1CCC(C(F)(F)F)CC1)C(=O)O. The zero-order chi connectivity index (χ0) is 16.2. The Morgan fingerprint density at radius 3 is 2.10 bits per heavy atom. The lowest BCUT2D eigenvalue weighted by Gasteiger charge is -2.29. The molecule has 0 bridgehead atoms. The summed E-state index contributed by atoms with van der Waals surface area (Å²) >= 11 is 0. The van der Waals surface area contributed by atoms with Gasteiger partial charge in [0.15, 0.2) is 0 Å². The fraction of sp³-hybridized carbons (Fsp3) is 0.857. The first-order valence-corrected chi connectivity index (χ1v) is 7.20. The van der Waals surface area contributed by atoms with E-state index in [-0.39, 0.29) is 31.1 Å². The van der Waals surface area contributed by atoms with E-state index in [4.69, 9.17) is 5.11 Å². The van der Waals surface area contributed by atoms with Gasteiger partial charge in [-0.2, -0.15) is 13.2 Å². The van der Waals surface area contributed by atoms with E-state index in [0.29, 0.717) is 12.8 Å². The molecule has 0 unspecified atom stereocenters. The van der Waals surface area contributed by atoms with E-state index in [1.165, 1.54) is 0 Å². The van der Waals surface area contributed by atoms with Crippen LogP contribution in [-0.4, -0.2) is 29.2 Å². The van der Waals surface area contributed by atoms with Gasteiger partial charge in [-0.25, -0.2) is 4.79 Å². The van der Waals surface area contributed by atoms with Crippen LogP contribution >= 0.6 is 0 Å². The Morgan fingerprint density at radius 2 is 1.71 bits per heavy atom. The molecule has 1 rings (SSSR count).